The zero-order chi connectivity index (χ0) is 19.4. The lowest BCUT2D eigenvalue weighted by Crippen LogP contribution is -2.40. The number of anilines is 1. The number of likely N-dealkylation sites (N-methyl/N-ethyl adjacent to an activating group) is 1. The summed E-state index contributed by atoms with van der Waals surface area (Å²) < 4.78 is 12.2. The highest BCUT2D eigenvalue weighted by Crippen LogP contribution is 2.32. The van der Waals surface area contributed by atoms with Crippen LogP contribution < -0.4 is 4.90 Å². The van der Waals surface area contributed by atoms with Gasteiger partial charge in [-0.2, -0.15) is 0 Å². The number of aryl methyl sites for hydroxylation is 1. The van der Waals surface area contributed by atoms with Crippen molar-refractivity contribution in [1.29, 1.82) is 0 Å². The quantitative estimate of drug-likeness (QED) is 0.728. The average molecular weight is 375 g/mol. The van der Waals surface area contributed by atoms with Gasteiger partial charge in [-0.25, -0.2) is 9.97 Å². The SMILES string of the molecule is COCCN(C)c1nc(C2CCN(C(=O)COC)CC2)cc2c1ncn2C. The molecule has 1 amide bonds. The van der Waals surface area contributed by atoms with Crippen LogP contribution in [0.2, 0.25) is 0 Å². The van der Waals surface area contributed by atoms with E-state index < -0.39 is 0 Å². The summed E-state index contributed by atoms with van der Waals surface area (Å²) in [5.74, 6) is 1.29. The van der Waals surface area contributed by atoms with E-state index >= 15 is 0 Å². The minimum Gasteiger partial charge on any atom is -0.383 e. The number of fused-ring (bicyclic) bond motifs is 1. The second kappa shape index (κ2) is 8.67. The van der Waals surface area contributed by atoms with Crippen molar-refractivity contribution < 1.29 is 14.3 Å². The Morgan fingerprint density at radius 3 is 2.70 bits per heavy atom. The molecule has 1 aliphatic heterocycles. The fourth-order valence-corrected chi connectivity index (χ4v) is 3.58. The van der Waals surface area contributed by atoms with Gasteiger partial charge in [-0.1, -0.05) is 0 Å². The first kappa shape index (κ1) is 19.6. The van der Waals surface area contributed by atoms with Crippen LogP contribution >= 0.6 is 0 Å². The third kappa shape index (κ3) is 4.22. The summed E-state index contributed by atoms with van der Waals surface area (Å²) in [5, 5.41) is 0. The van der Waals surface area contributed by atoms with Crippen LogP contribution in [0.5, 0.6) is 0 Å². The summed E-state index contributed by atoms with van der Waals surface area (Å²) in [6.45, 7) is 3.03. The van der Waals surface area contributed by atoms with E-state index in [2.05, 4.69) is 16.0 Å². The Kier molecular flexibility index (Phi) is 6.28. The van der Waals surface area contributed by atoms with Gasteiger partial charge >= 0.3 is 0 Å². The molecule has 0 bridgehead atoms. The van der Waals surface area contributed by atoms with Gasteiger partial charge in [0.15, 0.2) is 5.82 Å². The third-order valence-corrected chi connectivity index (χ3v) is 5.24. The number of aromatic nitrogens is 3. The number of carbonyl (C=O) groups excluding carboxylic acids is 1. The van der Waals surface area contributed by atoms with Crippen LogP contribution in [0.15, 0.2) is 12.4 Å². The molecule has 148 valence electrons. The number of nitrogens with zero attached hydrogens (tertiary/aromatic N) is 5. The molecular weight excluding hydrogens is 346 g/mol. The zero-order valence-corrected chi connectivity index (χ0v) is 16.6. The normalized spacial score (nSPS) is 15.5. The number of pyridine rings is 1. The van der Waals surface area contributed by atoms with Crippen LogP contribution in [-0.2, 0) is 21.3 Å². The van der Waals surface area contributed by atoms with E-state index in [1.807, 2.05) is 29.9 Å². The van der Waals surface area contributed by atoms with Gasteiger partial charge in [-0.15, -0.1) is 0 Å². The molecule has 27 heavy (non-hydrogen) atoms. The fourth-order valence-electron chi connectivity index (χ4n) is 3.58. The van der Waals surface area contributed by atoms with Gasteiger partial charge in [0.05, 0.1) is 18.5 Å². The molecule has 1 saturated heterocycles. The van der Waals surface area contributed by atoms with E-state index in [4.69, 9.17) is 14.5 Å². The summed E-state index contributed by atoms with van der Waals surface area (Å²) in [7, 11) is 7.28. The maximum atomic E-state index is 12.0. The lowest BCUT2D eigenvalue weighted by atomic mass is 9.92. The second-order valence-electron chi connectivity index (χ2n) is 7.10. The number of carbonyl (C=O) groups is 1. The lowest BCUT2D eigenvalue weighted by molar-refractivity contribution is -0.136. The van der Waals surface area contributed by atoms with Gasteiger partial charge in [0, 0.05) is 59.6 Å². The summed E-state index contributed by atoms with van der Waals surface area (Å²) in [6.07, 6.45) is 3.65. The molecule has 1 aliphatic rings. The number of amides is 1. The van der Waals surface area contributed by atoms with Crippen molar-refractivity contribution in [3.05, 3.63) is 18.1 Å². The van der Waals surface area contributed by atoms with Gasteiger partial charge in [-0.3, -0.25) is 4.79 Å². The molecule has 0 atom stereocenters. The first-order valence-electron chi connectivity index (χ1n) is 9.34. The van der Waals surface area contributed by atoms with Crippen LogP contribution in [0.25, 0.3) is 11.0 Å². The van der Waals surface area contributed by atoms with Crippen LogP contribution in [0.4, 0.5) is 5.82 Å². The van der Waals surface area contributed by atoms with Crippen LogP contribution in [0.3, 0.4) is 0 Å². The van der Waals surface area contributed by atoms with Crippen molar-refractivity contribution in [1.82, 2.24) is 19.4 Å². The minimum atomic E-state index is 0.0611. The van der Waals surface area contributed by atoms with Gasteiger partial charge in [0.25, 0.3) is 0 Å². The van der Waals surface area contributed by atoms with Crippen molar-refractivity contribution in [2.45, 2.75) is 18.8 Å². The zero-order valence-electron chi connectivity index (χ0n) is 16.6. The van der Waals surface area contributed by atoms with E-state index in [1.54, 1.807) is 14.2 Å². The Balaban J connectivity index is 1.83. The first-order valence-corrected chi connectivity index (χ1v) is 9.34. The standard InChI is InChI=1S/C19H29N5O3/c1-22(9-10-26-3)19-18-16(23(2)13-20-18)11-15(21-19)14-5-7-24(8-6-14)17(25)12-27-4/h11,13-14H,5-10,12H2,1-4H3. The number of ether oxygens (including phenoxy) is 2. The smallest absolute Gasteiger partial charge is 0.248 e. The van der Waals surface area contributed by atoms with E-state index in [0.29, 0.717) is 12.5 Å². The Labute approximate surface area is 160 Å². The summed E-state index contributed by atoms with van der Waals surface area (Å²) in [5.41, 5.74) is 3.06. The molecule has 0 saturated carbocycles. The first-order chi connectivity index (χ1) is 13.0. The Bertz CT molecular complexity index is 783. The van der Waals surface area contributed by atoms with Crippen LogP contribution in [-0.4, -0.2) is 79.5 Å². The molecule has 0 spiro atoms. The van der Waals surface area contributed by atoms with Gasteiger partial charge in [0.2, 0.25) is 5.91 Å². The van der Waals surface area contributed by atoms with Crippen LogP contribution in [0.1, 0.15) is 24.5 Å². The third-order valence-electron chi connectivity index (χ3n) is 5.24. The minimum absolute atomic E-state index is 0.0611. The molecule has 1 fully saturated rings. The number of methoxy groups -OCH3 is 2. The molecule has 0 aliphatic carbocycles. The van der Waals surface area contributed by atoms with E-state index in [1.165, 1.54) is 0 Å². The molecular formula is C19H29N5O3. The Hall–Kier alpha value is -2.19. The molecule has 3 rings (SSSR count). The van der Waals surface area contributed by atoms with Crippen molar-refractivity contribution in [2.24, 2.45) is 7.05 Å². The van der Waals surface area contributed by atoms with Gasteiger partial charge < -0.3 is 23.8 Å². The van der Waals surface area contributed by atoms with E-state index in [0.717, 1.165) is 55.0 Å². The van der Waals surface area contributed by atoms with E-state index in [9.17, 15) is 4.79 Å². The van der Waals surface area contributed by atoms with Crippen molar-refractivity contribution in [3.63, 3.8) is 0 Å². The molecule has 2 aromatic rings. The van der Waals surface area contributed by atoms with Gasteiger partial charge in [0.1, 0.15) is 12.1 Å². The predicted molar refractivity (Wildman–Crippen MR) is 104 cm³/mol. The lowest BCUT2D eigenvalue weighted by Gasteiger charge is -2.32. The molecule has 0 aromatic carbocycles. The predicted octanol–water partition coefficient (Wildman–Crippen LogP) is 1.40. The molecule has 8 heteroatoms. The largest absolute Gasteiger partial charge is 0.383 e. The molecule has 3 heterocycles. The van der Waals surface area contributed by atoms with Crippen molar-refractivity contribution in [2.75, 3.05) is 59.0 Å². The van der Waals surface area contributed by atoms with Gasteiger partial charge in [-0.05, 0) is 18.9 Å². The fraction of sp³-hybridized carbons (Fsp3) is 0.632. The monoisotopic (exact) mass is 375 g/mol. The summed E-state index contributed by atoms with van der Waals surface area (Å²) in [6, 6.07) is 2.15. The highest BCUT2D eigenvalue weighted by molar-refractivity contribution is 5.87. The Morgan fingerprint density at radius 1 is 1.30 bits per heavy atom. The molecule has 8 nitrogen and oxygen atoms in total. The van der Waals surface area contributed by atoms with E-state index in [-0.39, 0.29) is 12.5 Å². The maximum Gasteiger partial charge on any atom is 0.248 e. The number of hydrogen-bond donors (Lipinski definition) is 0. The highest BCUT2D eigenvalue weighted by Gasteiger charge is 2.26. The number of hydrogen-bond acceptors (Lipinski definition) is 6. The topological polar surface area (TPSA) is 72.7 Å². The summed E-state index contributed by atoms with van der Waals surface area (Å²) >= 11 is 0. The number of imidazole rings is 1. The summed E-state index contributed by atoms with van der Waals surface area (Å²) in [4.78, 5) is 25.5. The second-order valence-corrected chi connectivity index (χ2v) is 7.10. The Morgan fingerprint density at radius 2 is 2.04 bits per heavy atom. The number of rotatable bonds is 7. The maximum absolute atomic E-state index is 12.0. The van der Waals surface area contributed by atoms with Crippen molar-refractivity contribution >= 4 is 22.8 Å². The average Bonchev–Trinajstić information content (AvgIpc) is 3.06. The van der Waals surface area contributed by atoms with Crippen LogP contribution in [0, 0.1) is 0 Å². The molecule has 0 unspecified atom stereocenters. The number of piperidine rings is 1. The molecule has 0 N–H and O–H groups in total. The molecule has 2 aromatic heterocycles. The number of likely N-dealkylation sites (tertiary alicyclic amines) is 1. The van der Waals surface area contributed by atoms with Crippen molar-refractivity contribution in [3.8, 4) is 0 Å². The molecule has 0 radical (unpaired) electrons. The highest BCUT2D eigenvalue weighted by atomic mass is 16.5.